The Labute approximate surface area is 93.5 Å². The lowest BCUT2D eigenvalue weighted by Crippen LogP contribution is -2.32. The fourth-order valence-corrected chi connectivity index (χ4v) is 3.57. The molecule has 3 atom stereocenters. The molecule has 15 heavy (non-hydrogen) atoms. The highest BCUT2D eigenvalue weighted by Gasteiger charge is 2.52. The van der Waals surface area contributed by atoms with E-state index in [9.17, 15) is 5.26 Å². The normalized spacial score (nSPS) is 38.1. The number of hydrogen-bond acceptors (Lipinski definition) is 3. The van der Waals surface area contributed by atoms with Gasteiger partial charge < -0.3 is 4.74 Å². The minimum atomic E-state index is -0.232. The van der Waals surface area contributed by atoms with Gasteiger partial charge in [0, 0.05) is 0 Å². The predicted molar refractivity (Wildman–Crippen MR) is 58.6 cm³/mol. The molecule has 3 heteroatoms. The van der Waals surface area contributed by atoms with Crippen LogP contribution in [0.3, 0.4) is 0 Å². The summed E-state index contributed by atoms with van der Waals surface area (Å²) in [5.74, 6) is 0. The number of nitriles is 1. The van der Waals surface area contributed by atoms with Crippen LogP contribution in [0.5, 0.6) is 0 Å². The molecule has 0 N–H and O–H groups in total. The van der Waals surface area contributed by atoms with E-state index in [-0.39, 0.29) is 11.5 Å². The minimum Gasteiger partial charge on any atom is -0.373 e. The number of ether oxygens (including phenoxy) is 1. The van der Waals surface area contributed by atoms with Crippen molar-refractivity contribution in [1.29, 1.82) is 5.26 Å². The van der Waals surface area contributed by atoms with E-state index in [1.165, 1.54) is 5.56 Å². The molecule has 1 aromatic heterocycles. The van der Waals surface area contributed by atoms with Gasteiger partial charge in [0.05, 0.1) is 23.7 Å². The third-order valence-corrected chi connectivity index (χ3v) is 4.37. The SMILES string of the molecule is N#CC1(Cc2ccsc2)CC2CCC1O2. The molecule has 2 bridgehead atoms. The molecule has 3 rings (SSSR count). The molecule has 2 saturated heterocycles. The van der Waals surface area contributed by atoms with Gasteiger partial charge in [0.25, 0.3) is 0 Å². The van der Waals surface area contributed by atoms with Crippen molar-refractivity contribution in [3.8, 4) is 6.07 Å². The molecule has 2 fully saturated rings. The van der Waals surface area contributed by atoms with Crippen LogP contribution in [0.4, 0.5) is 0 Å². The summed E-state index contributed by atoms with van der Waals surface area (Å²) in [5, 5.41) is 13.6. The zero-order valence-corrected chi connectivity index (χ0v) is 9.30. The maximum absolute atomic E-state index is 9.41. The van der Waals surface area contributed by atoms with E-state index in [1.807, 2.05) is 0 Å². The van der Waals surface area contributed by atoms with Gasteiger partial charge in [-0.1, -0.05) is 0 Å². The van der Waals surface area contributed by atoms with Crippen molar-refractivity contribution >= 4 is 11.3 Å². The van der Waals surface area contributed by atoms with Crippen LogP contribution in [0.2, 0.25) is 0 Å². The first-order chi connectivity index (χ1) is 7.32. The summed E-state index contributed by atoms with van der Waals surface area (Å²) >= 11 is 1.70. The molecule has 0 amide bonds. The fourth-order valence-electron chi connectivity index (χ4n) is 2.90. The van der Waals surface area contributed by atoms with E-state index in [0.717, 1.165) is 25.7 Å². The first-order valence-electron chi connectivity index (χ1n) is 5.40. The Morgan fingerprint density at radius 2 is 2.53 bits per heavy atom. The maximum atomic E-state index is 9.41. The Morgan fingerprint density at radius 3 is 3.07 bits per heavy atom. The van der Waals surface area contributed by atoms with Gasteiger partial charge in [-0.15, -0.1) is 0 Å². The van der Waals surface area contributed by atoms with Gasteiger partial charge in [-0.2, -0.15) is 16.6 Å². The molecule has 1 aromatic rings. The van der Waals surface area contributed by atoms with Gasteiger partial charge in [0.1, 0.15) is 0 Å². The number of hydrogen-bond donors (Lipinski definition) is 0. The summed E-state index contributed by atoms with van der Waals surface area (Å²) in [6.45, 7) is 0. The summed E-state index contributed by atoms with van der Waals surface area (Å²) in [6, 6.07) is 4.65. The van der Waals surface area contributed by atoms with Crippen LogP contribution in [-0.4, -0.2) is 12.2 Å². The number of nitrogens with zero attached hydrogens (tertiary/aromatic N) is 1. The summed E-state index contributed by atoms with van der Waals surface area (Å²) in [4.78, 5) is 0. The molecule has 0 aliphatic carbocycles. The Kier molecular flexibility index (Phi) is 2.08. The molecule has 0 spiro atoms. The molecule has 3 unspecified atom stereocenters. The molecule has 2 aliphatic rings. The third kappa shape index (κ3) is 1.40. The lowest BCUT2D eigenvalue weighted by molar-refractivity contribution is 0.0788. The van der Waals surface area contributed by atoms with Crippen molar-refractivity contribution in [1.82, 2.24) is 0 Å². The molecule has 0 aromatic carbocycles. The largest absolute Gasteiger partial charge is 0.373 e. The zero-order chi connectivity index (χ0) is 10.3. The Bertz CT molecular complexity index is 394. The van der Waals surface area contributed by atoms with Crippen LogP contribution in [0.25, 0.3) is 0 Å². The lowest BCUT2D eigenvalue weighted by Gasteiger charge is -2.27. The van der Waals surface area contributed by atoms with E-state index in [2.05, 4.69) is 22.9 Å². The number of thiophene rings is 1. The molecule has 0 radical (unpaired) electrons. The summed E-state index contributed by atoms with van der Waals surface area (Å²) < 4.78 is 5.81. The van der Waals surface area contributed by atoms with Crippen LogP contribution >= 0.6 is 11.3 Å². The van der Waals surface area contributed by atoms with Crippen LogP contribution in [-0.2, 0) is 11.2 Å². The highest BCUT2D eigenvalue weighted by Crippen LogP contribution is 2.49. The Morgan fingerprint density at radius 1 is 1.60 bits per heavy atom. The topological polar surface area (TPSA) is 33.0 Å². The predicted octanol–water partition coefficient (Wildman–Crippen LogP) is 2.75. The second-order valence-corrected chi connectivity index (χ2v) is 5.38. The molecular weight excluding hydrogens is 206 g/mol. The number of rotatable bonds is 2. The fraction of sp³-hybridized carbons (Fsp3) is 0.583. The van der Waals surface area contributed by atoms with E-state index >= 15 is 0 Å². The summed E-state index contributed by atoms with van der Waals surface area (Å²) in [7, 11) is 0. The smallest absolute Gasteiger partial charge is 0.0900 e. The van der Waals surface area contributed by atoms with Crippen molar-refractivity contribution in [3.05, 3.63) is 22.4 Å². The second-order valence-electron chi connectivity index (χ2n) is 4.60. The highest BCUT2D eigenvalue weighted by molar-refractivity contribution is 7.07. The van der Waals surface area contributed by atoms with Gasteiger partial charge in [-0.3, -0.25) is 0 Å². The van der Waals surface area contributed by atoms with Gasteiger partial charge in [-0.05, 0) is 48.1 Å². The third-order valence-electron chi connectivity index (χ3n) is 3.64. The van der Waals surface area contributed by atoms with E-state index < -0.39 is 0 Å². The number of fused-ring (bicyclic) bond motifs is 2. The molecular formula is C12H13NOS. The molecule has 78 valence electrons. The van der Waals surface area contributed by atoms with Crippen molar-refractivity contribution in [2.75, 3.05) is 0 Å². The average Bonchev–Trinajstić information content (AvgIpc) is 2.93. The molecule has 2 nitrogen and oxygen atoms in total. The second kappa shape index (κ2) is 3.33. The maximum Gasteiger partial charge on any atom is 0.0900 e. The molecule has 0 saturated carbocycles. The van der Waals surface area contributed by atoms with Crippen molar-refractivity contribution in [2.24, 2.45) is 5.41 Å². The van der Waals surface area contributed by atoms with Crippen LogP contribution in [0.15, 0.2) is 16.8 Å². The minimum absolute atomic E-state index is 0.187. The van der Waals surface area contributed by atoms with E-state index in [1.54, 1.807) is 11.3 Å². The van der Waals surface area contributed by atoms with Crippen molar-refractivity contribution in [3.63, 3.8) is 0 Å². The van der Waals surface area contributed by atoms with Crippen LogP contribution in [0, 0.1) is 16.7 Å². The quantitative estimate of drug-likeness (QED) is 0.766. The van der Waals surface area contributed by atoms with Gasteiger partial charge in [0.2, 0.25) is 0 Å². The first-order valence-corrected chi connectivity index (χ1v) is 6.34. The van der Waals surface area contributed by atoms with Crippen LogP contribution in [0.1, 0.15) is 24.8 Å². The van der Waals surface area contributed by atoms with Gasteiger partial charge in [0.15, 0.2) is 0 Å². The Hall–Kier alpha value is -0.850. The highest BCUT2D eigenvalue weighted by atomic mass is 32.1. The van der Waals surface area contributed by atoms with Crippen molar-refractivity contribution < 1.29 is 4.74 Å². The van der Waals surface area contributed by atoms with E-state index in [4.69, 9.17) is 4.74 Å². The van der Waals surface area contributed by atoms with E-state index in [0.29, 0.717) is 6.10 Å². The zero-order valence-electron chi connectivity index (χ0n) is 8.48. The van der Waals surface area contributed by atoms with Crippen LogP contribution < -0.4 is 0 Å². The standard InChI is InChI=1S/C12H13NOS/c13-8-12(5-9-3-4-15-7-9)6-10-1-2-11(12)14-10/h3-4,7,10-11H,1-2,5-6H2. The van der Waals surface area contributed by atoms with Gasteiger partial charge in [-0.25, -0.2) is 0 Å². The van der Waals surface area contributed by atoms with Crippen molar-refractivity contribution in [2.45, 2.75) is 37.9 Å². The lowest BCUT2D eigenvalue weighted by atomic mass is 9.71. The summed E-state index contributed by atoms with van der Waals surface area (Å²) in [5.41, 5.74) is 1.06. The molecule has 3 heterocycles. The summed E-state index contributed by atoms with van der Waals surface area (Å²) in [6.07, 6.45) is 4.57. The monoisotopic (exact) mass is 219 g/mol. The first kappa shape index (κ1) is 9.38. The molecule has 2 aliphatic heterocycles. The average molecular weight is 219 g/mol. The Balaban J connectivity index is 1.86. The van der Waals surface area contributed by atoms with Gasteiger partial charge >= 0.3 is 0 Å².